The topological polar surface area (TPSA) is 110 Å². The summed E-state index contributed by atoms with van der Waals surface area (Å²) in [5, 5.41) is 20.2. The van der Waals surface area contributed by atoms with Crippen LogP contribution in [0.4, 0.5) is 0 Å². The molecular formula is C19H22O7. The highest BCUT2D eigenvalue weighted by Gasteiger charge is 2.48. The average molecular weight is 362 g/mol. The molecule has 1 saturated heterocycles. The van der Waals surface area contributed by atoms with Gasteiger partial charge in [0.05, 0.1) is 12.5 Å². The molecule has 0 amide bonds. The van der Waals surface area contributed by atoms with E-state index in [0.29, 0.717) is 24.7 Å². The van der Waals surface area contributed by atoms with E-state index in [0.717, 1.165) is 0 Å². The van der Waals surface area contributed by atoms with Crippen LogP contribution in [0.3, 0.4) is 0 Å². The van der Waals surface area contributed by atoms with Crippen molar-refractivity contribution in [2.45, 2.75) is 38.1 Å². The van der Waals surface area contributed by atoms with Crippen LogP contribution in [0.5, 0.6) is 0 Å². The number of esters is 2. The number of aliphatic hydroxyl groups excluding tert-OH is 2. The number of ether oxygens (including phenoxy) is 2. The predicted molar refractivity (Wildman–Crippen MR) is 91.8 cm³/mol. The lowest BCUT2D eigenvalue weighted by Crippen LogP contribution is -2.43. The number of fused-ring (bicyclic) bond motifs is 1. The van der Waals surface area contributed by atoms with Crippen LogP contribution in [-0.2, 0) is 23.9 Å². The molecule has 1 aliphatic carbocycles. The van der Waals surface area contributed by atoms with Gasteiger partial charge in [-0.15, -0.1) is 0 Å². The van der Waals surface area contributed by atoms with Gasteiger partial charge in [-0.05, 0) is 31.4 Å². The minimum Gasteiger partial charge on any atom is -0.455 e. The van der Waals surface area contributed by atoms with Crippen LogP contribution < -0.4 is 0 Å². The Morgan fingerprint density at radius 3 is 2.77 bits per heavy atom. The Balaban J connectivity index is 2.54. The molecule has 7 heteroatoms. The van der Waals surface area contributed by atoms with E-state index in [1.165, 1.54) is 13.0 Å². The van der Waals surface area contributed by atoms with Crippen molar-refractivity contribution in [2.24, 2.45) is 5.92 Å². The van der Waals surface area contributed by atoms with Gasteiger partial charge in [0.1, 0.15) is 24.6 Å². The molecule has 0 saturated carbocycles. The Morgan fingerprint density at radius 1 is 1.50 bits per heavy atom. The standard InChI is InChI=1S/C19H22O7/c1-10(2)18(23)26-17-15-11(3)19(24)25-14(15)7-12(8-20)5-4-6-13(9-21)16(17)22/h6-7,9,14-17,20,22H,1,3-5,8H2,2H3/t14-,15+,16+,17+/m1/s1. The maximum absolute atomic E-state index is 12.0. The Morgan fingerprint density at radius 2 is 2.19 bits per heavy atom. The first-order valence-corrected chi connectivity index (χ1v) is 8.20. The van der Waals surface area contributed by atoms with E-state index in [9.17, 15) is 24.6 Å². The van der Waals surface area contributed by atoms with Gasteiger partial charge in [-0.3, -0.25) is 4.79 Å². The highest BCUT2D eigenvalue weighted by Crippen LogP contribution is 2.36. The second-order valence-corrected chi connectivity index (χ2v) is 6.36. The van der Waals surface area contributed by atoms with Gasteiger partial charge < -0.3 is 19.7 Å². The van der Waals surface area contributed by atoms with Crippen LogP contribution in [0, 0.1) is 5.92 Å². The molecule has 0 unspecified atom stereocenters. The van der Waals surface area contributed by atoms with Gasteiger partial charge in [-0.2, -0.15) is 0 Å². The van der Waals surface area contributed by atoms with Crippen molar-refractivity contribution in [3.63, 3.8) is 0 Å². The third kappa shape index (κ3) is 4.00. The normalized spacial score (nSPS) is 29.0. The van der Waals surface area contributed by atoms with E-state index < -0.39 is 36.2 Å². The van der Waals surface area contributed by atoms with Crippen LogP contribution in [0.15, 0.2) is 47.6 Å². The molecule has 2 rings (SSSR count). The molecule has 4 atom stereocenters. The highest BCUT2D eigenvalue weighted by atomic mass is 16.6. The molecule has 0 radical (unpaired) electrons. The summed E-state index contributed by atoms with van der Waals surface area (Å²) in [6.45, 7) is 8.37. The predicted octanol–water partition coefficient (Wildman–Crippen LogP) is 0.771. The molecule has 0 spiro atoms. The molecule has 0 aromatic rings. The number of hydrogen-bond donors (Lipinski definition) is 2. The van der Waals surface area contributed by atoms with Gasteiger partial charge >= 0.3 is 11.9 Å². The molecule has 2 aliphatic rings. The van der Waals surface area contributed by atoms with Crippen LogP contribution in [0.25, 0.3) is 0 Å². The monoisotopic (exact) mass is 362 g/mol. The van der Waals surface area contributed by atoms with E-state index in [4.69, 9.17) is 9.47 Å². The number of rotatable bonds is 4. The van der Waals surface area contributed by atoms with Gasteiger partial charge in [0.2, 0.25) is 0 Å². The van der Waals surface area contributed by atoms with E-state index >= 15 is 0 Å². The van der Waals surface area contributed by atoms with Gasteiger partial charge in [-0.1, -0.05) is 19.2 Å². The molecule has 1 heterocycles. The van der Waals surface area contributed by atoms with Gasteiger partial charge in [-0.25, -0.2) is 9.59 Å². The fourth-order valence-electron chi connectivity index (χ4n) is 2.99. The van der Waals surface area contributed by atoms with Crippen molar-refractivity contribution in [3.8, 4) is 0 Å². The van der Waals surface area contributed by atoms with Crippen molar-refractivity contribution >= 4 is 18.2 Å². The Hall–Kier alpha value is -2.51. The van der Waals surface area contributed by atoms with Gasteiger partial charge in [0.25, 0.3) is 0 Å². The third-order valence-corrected chi connectivity index (χ3v) is 4.44. The first-order chi connectivity index (χ1) is 12.3. The summed E-state index contributed by atoms with van der Waals surface area (Å²) in [5.41, 5.74) is 0.748. The SMILES string of the molecule is C=C(C)C(=O)O[C@H]1[C@H]2C(=C)C(=O)O[C@@H]2C=C(CO)CCC=C(C=O)[C@@H]1O. The summed E-state index contributed by atoms with van der Waals surface area (Å²) in [4.78, 5) is 35.5. The van der Waals surface area contributed by atoms with E-state index in [1.807, 2.05) is 0 Å². The maximum atomic E-state index is 12.0. The molecule has 140 valence electrons. The Bertz CT molecular complexity index is 701. The first kappa shape index (κ1) is 19.8. The molecule has 7 nitrogen and oxygen atoms in total. The van der Waals surface area contributed by atoms with E-state index in [2.05, 4.69) is 13.2 Å². The molecule has 26 heavy (non-hydrogen) atoms. The lowest BCUT2D eigenvalue weighted by molar-refractivity contribution is -0.153. The van der Waals surface area contributed by atoms with Crippen molar-refractivity contribution < 1.29 is 34.1 Å². The smallest absolute Gasteiger partial charge is 0.334 e. The molecule has 1 fully saturated rings. The molecule has 1 aliphatic heterocycles. The number of carbonyl (C=O) groups excluding carboxylic acids is 3. The molecular weight excluding hydrogens is 340 g/mol. The summed E-state index contributed by atoms with van der Waals surface area (Å²) in [6, 6.07) is 0. The van der Waals surface area contributed by atoms with Crippen LogP contribution in [-0.4, -0.2) is 53.4 Å². The maximum Gasteiger partial charge on any atom is 0.334 e. The lowest BCUT2D eigenvalue weighted by Gasteiger charge is -2.30. The number of aldehydes is 1. The van der Waals surface area contributed by atoms with Gasteiger partial charge in [0.15, 0.2) is 0 Å². The zero-order chi connectivity index (χ0) is 19.4. The van der Waals surface area contributed by atoms with E-state index in [1.54, 1.807) is 6.08 Å². The fourth-order valence-corrected chi connectivity index (χ4v) is 2.99. The van der Waals surface area contributed by atoms with Crippen LogP contribution >= 0.6 is 0 Å². The van der Waals surface area contributed by atoms with Crippen molar-refractivity contribution in [1.29, 1.82) is 0 Å². The van der Waals surface area contributed by atoms with Gasteiger partial charge in [0, 0.05) is 16.7 Å². The highest BCUT2D eigenvalue weighted by molar-refractivity contribution is 5.92. The largest absolute Gasteiger partial charge is 0.455 e. The molecule has 0 bridgehead atoms. The second-order valence-electron chi connectivity index (χ2n) is 6.36. The summed E-state index contributed by atoms with van der Waals surface area (Å²) >= 11 is 0. The fraction of sp³-hybridized carbons (Fsp3) is 0.421. The summed E-state index contributed by atoms with van der Waals surface area (Å²) in [7, 11) is 0. The van der Waals surface area contributed by atoms with E-state index in [-0.39, 0.29) is 23.3 Å². The quantitative estimate of drug-likeness (QED) is 0.329. The molecule has 0 aromatic carbocycles. The number of aliphatic hydroxyl groups is 2. The minimum absolute atomic E-state index is 0.0212. The average Bonchev–Trinajstić information content (AvgIpc) is 2.88. The number of carbonyl (C=O) groups is 3. The Kier molecular flexibility index (Phi) is 6.28. The van der Waals surface area contributed by atoms with Crippen molar-refractivity contribution in [1.82, 2.24) is 0 Å². The first-order valence-electron chi connectivity index (χ1n) is 8.20. The third-order valence-electron chi connectivity index (χ3n) is 4.44. The minimum atomic E-state index is -1.46. The summed E-state index contributed by atoms with van der Waals surface area (Å²) in [5.74, 6) is -2.36. The summed E-state index contributed by atoms with van der Waals surface area (Å²) < 4.78 is 10.6. The van der Waals surface area contributed by atoms with Crippen LogP contribution in [0.2, 0.25) is 0 Å². The zero-order valence-electron chi connectivity index (χ0n) is 14.5. The Labute approximate surface area is 151 Å². The lowest BCUT2D eigenvalue weighted by atomic mass is 9.83. The molecule has 2 N–H and O–H groups in total. The second kappa shape index (κ2) is 8.25. The van der Waals surface area contributed by atoms with Crippen molar-refractivity contribution in [2.75, 3.05) is 6.61 Å². The molecule has 0 aromatic heterocycles. The number of hydrogen-bond acceptors (Lipinski definition) is 7. The van der Waals surface area contributed by atoms with Crippen LogP contribution in [0.1, 0.15) is 19.8 Å². The van der Waals surface area contributed by atoms with Crippen molar-refractivity contribution in [3.05, 3.63) is 47.6 Å². The number of allylic oxidation sites excluding steroid dienone is 1. The summed E-state index contributed by atoms with van der Waals surface area (Å²) in [6.07, 6.45) is 0.770. The zero-order valence-corrected chi connectivity index (χ0v) is 14.5.